The van der Waals surface area contributed by atoms with E-state index in [1.807, 2.05) is 24.3 Å². The van der Waals surface area contributed by atoms with E-state index in [-0.39, 0.29) is 0 Å². The van der Waals surface area contributed by atoms with E-state index in [1.54, 1.807) is 11.0 Å². The number of hydrogen-bond donors (Lipinski definition) is 1. The molecule has 1 aliphatic rings. The van der Waals surface area contributed by atoms with E-state index in [2.05, 4.69) is 56.6 Å². The van der Waals surface area contributed by atoms with Crippen LogP contribution in [0.1, 0.15) is 25.7 Å². The fourth-order valence-corrected chi connectivity index (χ4v) is 3.49. The smallest absolute Gasteiger partial charge is 0.143 e. The first-order valence-electron chi connectivity index (χ1n) is 10.0. The van der Waals surface area contributed by atoms with Crippen molar-refractivity contribution in [1.29, 1.82) is 0 Å². The lowest BCUT2D eigenvalue weighted by molar-refractivity contribution is 0.353. The van der Waals surface area contributed by atoms with Crippen LogP contribution in [0.3, 0.4) is 0 Å². The van der Waals surface area contributed by atoms with Gasteiger partial charge in [0.05, 0.1) is 5.69 Å². The lowest BCUT2D eigenvalue weighted by Gasteiger charge is -2.23. The normalized spacial score (nSPS) is 14.3. The van der Waals surface area contributed by atoms with Crippen molar-refractivity contribution in [1.82, 2.24) is 20.2 Å². The van der Waals surface area contributed by atoms with Crippen LogP contribution < -0.4 is 15.0 Å². The van der Waals surface area contributed by atoms with E-state index >= 15 is 0 Å². The van der Waals surface area contributed by atoms with Crippen LogP contribution in [-0.2, 0) is 0 Å². The van der Waals surface area contributed by atoms with Crippen molar-refractivity contribution < 1.29 is 4.74 Å². The summed E-state index contributed by atoms with van der Waals surface area (Å²) in [6.07, 6.45) is 6.80. The van der Waals surface area contributed by atoms with Crippen molar-refractivity contribution in [2.75, 3.05) is 29.9 Å². The molecule has 0 radical (unpaired) electrons. The van der Waals surface area contributed by atoms with Crippen LogP contribution in [0.4, 0.5) is 11.4 Å². The highest BCUT2D eigenvalue weighted by atomic mass is 16.5. The van der Waals surface area contributed by atoms with E-state index in [0.29, 0.717) is 6.61 Å². The Bertz CT molecular complexity index is 915. The third-order valence-electron chi connectivity index (χ3n) is 5.00. The average Bonchev–Trinajstić information content (AvgIpc) is 3.16. The summed E-state index contributed by atoms with van der Waals surface area (Å²) in [6.45, 7) is 6.75. The predicted octanol–water partition coefficient (Wildman–Crippen LogP) is 4.05. The molecule has 1 N–H and O–H groups in total. The summed E-state index contributed by atoms with van der Waals surface area (Å²) in [6, 6.07) is 16.2. The molecular formula is C22H26N6O. The van der Waals surface area contributed by atoms with Gasteiger partial charge in [-0.15, -0.1) is 5.10 Å². The fraction of sp³-hybridized carbons (Fsp3) is 0.318. The lowest BCUT2D eigenvalue weighted by atomic mass is 10.2. The number of aromatic nitrogens is 4. The van der Waals surface area contributed by atoms with Gasteiger partial charge in [0.1, 0.15) is 18.7 Å². The molecule has 1 saturated heterocycles. The number of ether oxygens (including phenoxy) is 1. The molecule has 1 aliphatic heterocycles. The molecular weight excluding hydrogens is 364 g/mol. The van der Waals surface area contributed by atoms with Crippen LogP contribution in [0.25, 0.3) is 5.69 Å². The molecule has 2 heterocycles. The summed E-state index contributed by atoms with van der Waals surface area (Å²) in [5, 5.41) is 14.5. The Morgan fingerprint density at radius 3 is 2.52 bits per heavy atom. The Morgan fingerprint density at radius 2 is 1.79 bits per heavy atom. The van der Waals surface area contributed by atoms with E-state index in [4.69, 9.17) is 4.74 Å². The molecule has 29 heavy (non-hydrogen) atoms. The summed E-state index contributed by atoms with van der Waals surface area (Å²) < 4.78 is 7.45. The van der Waals surface area contributed by atoms with E-state index in [0.717, 1.165) is 35.9 Å². The maximum atomic E-state index is 5.86. The van der Waals surface area contributed by atoms with Crippen molar-refractivity contribution in [3.63, 3.8) is 0 Å². The molecule has 0 amide bonds. The first-order chi connectivity index (χ1) is 14.3. The maximum Gasteiger partial charge on any atom is 0.143 e. The molecule has 4 rings (SSSR count). The van der Waals surface area contributed by atoms with Crippen LogP contribution in [0, 0.1) is 0 Å². The summed E-state index contributed by atoms with van der Waals surface area (Å²) in [5.41, 5.74) is 3.94. The van der Waals surface area contributed by atoms with Gasteiger partial charge in [-0.25, -0.2) is 4.68 Å². The monoisotopic (exact) mass is 390 g/mol. The Hall–Kier alpha value is -3.35. The minimum absolute atomic E-state index is 0.368. The predicted molar refractivity (Wildman–Crippen MR) is 115 cm³/mol. The first-order valence-corrected chi connectivity index (χ1v) is 10.0. The summed E-state index contributed by atoms with van der Waals surface area (Å²) in [7, 11) is 0. The standard InChI is InChI=1S/C22H26N6O/c1-18(16-29-22-8-6-7-21(15-22)28-17-23-25-26-28)24-19-9-11-20(12-10-19)27-13-4-2-3-5-14-27/h6-12,15,17,24H,1-5,13-14,16H2. The molecule has 0 bridgehead atoms. The Balaban J connectivity index is 1.30. The van der Waals surface area contributed by atoms with E-state index < -0.39 is 0 Å². The fourth-order valence-electron chi connectivity index (χ4n) is 3.49. The van der Waals surface area contributed by atoms with Gasteiger partial charge in [0, 0.05) is 36.2 Å². The molecule has 0 spiro atoms. The van der Waals surface area contributed by atoms with Gasteiger partial charge in [-0.05, 0) is 59.7 Å². The van der Waals surface area contributed by atoms with Crippen LogP contribution in [0.2, 0.25) is 0 Å². The first kappa shape index (κ1) is 19.0. The molecule has 1 fully saturated rings. The molecule has 7 nitrogen and oxygen atoms in total. The van der Waals surface area contributed by atoms with Crippen LogP contribution in [0.15, 0.2) is 67.1 Å². The quantitative estimate of drug-likeness (QED) is 0.656. The van der Waals surface area contributed by atoms with Gasteiger partial charge in [0.2, 0.25) is 0 Å². The second kappa shape index (κ2) is 9.23. The van der Waals surface area contributed by atoms with Gasteiger partial charge >= 0.3 is 0 Å². The SMILES string of the molecule is C=C(COc1cccc(-n2cnnn2)c1)Nc1ccc(N2CCCCCC2)cc1. The van der Waals surface area contributed by atoms with E-state index in [1.165, 1.54) is 31.4 Å². The third kappa shape index (κ3) is 5.13. The lowest BCUT2D eigenvalue weighted by Crippen LogP contribution is -2.23. The number of benzene rings is 2. The highest BCUT2D eigenvalue weighted by Gasteiger charge is 2.09. The molecule has 1 aromatic heterocycles. The van der Waals surface area contributed by atoms with Gasteiger partial charge in [0.25, 0.3) is 0 Å². The minimum atomic E-state index is 0.368. The zero-order chi connectivity index (χ0) is 19.9. The number of rotatable bonds is 7. The van der Waals surface area contributed by atoms with Crippen molar-refractivity contribution in [2.24, 2.45) is 0 Å². The molecule has 0 saturated carbocycles. The minimum Gasteiger partial charge on any atom is -0.487 e. The second-order valence-electron chi connectivity index (χ2n) is 7.22. The van der Waals surface area contributed by atoms with Crippen molar-refractivity contribution >= 4 is 11.4 Å². The molecule has 0 aliphatic carbocycles. The summed E-state index contributed by atoms with van der Waals surface area (Å²) >= 11 is 0. The maximum absolute atomic E-state index is 5.86. The topological polar surface area (TPSA) is 68.1 Å². The van der Waals surface area contributed by atoms with Gasteiger partial charge in [-0.3, -0.25) is 0 Å². The number of nitrogens with one attached hydrogen (secondary N) is 1. The average molecular weight is 390 g/mol. The zero-order valence-corrected chi connectivity index (χ0v) is 16.5. The summed E-state index contributed by atoms with van der Waals surface area (Å²) in [5.74, 6) is 0.734. The summed E-state index contributed by atoms with van der Waals surface area (Å²) in [4.78, 5) is 2.48. The van der Waals surface area contributed by atoms with Crippen LogP contribution in [0.5, 0.6) is 5.75 Å². The molecule has 7 heteroatoms. The molecule has 150 valence electrons. The third-order valence-corrected chi connectivity index (χ3v) is 5.00. The van der Waals surface area contributed by atoms with Gasteiger partial charge < -0.3 is 15.0 Å². The van der Waals surface area contributed by atoms with Gasteiger partial charge in [0.15, 0.2) is 0 Å². The molecule has 3 aromatic rings. The van der Waals surface area contributed by atoms with Crippen molar-refractivity contribution in [2.45, 2.75) is 25.7 Å². The van der Waals surface area contributed by atoms with Gasteiger partial charge in [-0.1, -0.05) is 25.5 Å². The Kier molecular flexibility index (Phi) is 6.04. The number of tetrazole rings is 1. The largest absolute Gasteiger partial charge is 0.487 e. The number of nitrogens with zero attached hydrogens (tertiary/aromatic N) is 5. The van der Waals surface area contributed by atoms with E-state index in [9.17, 15) is 0 Å². The van der Waals surface area contributed by atoms with Crippen LogP contribution >= 0.6 is 0 Å². The van der Waals surface area contributed by atoms with Crippen molar-refractivity contribution in [3.8, 4) is 11.4 Å². The Morgan fingerprint density at radius 1 is 1.00 bits per heavy atom. The number of anilines is 2. The van der Waals surface area contributed by atoms with Gasteiger partial charge in [-0.2, -0.15) is 0 Å². The zero-order valence-electron chi connectivity index (χ0n) is 16.5. The van der Waals surface area contributed by atoms with Crippen LogP contribution in [-0.4, -0.2) is 39.9 Å². The molecule has 0 atom stereocenters. The number of hydrogen-bond acceptors (Lipinski definition) is 6. The Labute approximate surface area is 171 Å². The molecule has 0 unspecified atom stereocenters. The second-order valence-corrected chi connectivity index (χ2v) is 7.22. The van der Waals surface area contributed by atoms with Crippen molar-refractivity contribution in [3.05, 3.63) is 67.1 Å². The molecule has 2 aromatic carbocycles. The highest BCUT2D eigenvalue weighted by molar-refractivity contribution is 5.57. The highest BCUT2D eigenvalue weighted by Crippen LogP contribution is 2.22.